The maximum absolute atomic E-state index is 14.5. The number of nitrogens with one attached hydrogen (secondary N) is 1. The lowest BCUT2D eigenvalue weighted by atomic mass is 10.0. The molecule has 3 aromatic rings. The van der Waals surface area contributed by atoms with Gasteiger partial charge in [-0.05, 0) is 43.4 Å². The Morgan fingerprint density at radius 3 is 2.66 bits per heavy atom. The van der Waals surface area contributed by atoms with Crippen molar-refractivity contribution in [2.75, 3.05) is 11.9 Å². The van der Waals surface area contributed by atoms with Crippen LogP contribution < -0.4 is 5.32 Å². The summed E-state index contributed by atoms with van der Waals surface area (Å²) in [6.45, 7) is 2.60. The third kappa shape index (κ3) is 3.12. The lowest BCUT2D eigenvalue weighted by Crippen LogP contribution is -2.48. The normalized spacial score (nSPS) is 22.8. The highest BCUT2D eigenvalue weighted by Crippen LogP contribution is 2.40. The average Bonchev–Trinajstić information content (AvgIpc) is 3.46. The van der Waals surface area contributed by atoms with Crippen LogP contribution in [0, 0.1) is 18.7 Å². The number of halogens is 1. The van der Waals surface area contributed by atoms with Crippen LogP contribution in [0.25, 0.3) is 5.69 Å². The number of carbonyl (C=O) groups excluding carboxylic acids is 1. The maximum Gasteiger partial charge on any atom is 0.256 e. The van der Waals surface area contributed by atoms with Gasteiger partial charge in [0, 0.05) is 25.0 Å². The number of aromatic nitrogens is 5. The minimum atomic E-state index is -0.529. The van der Waals surface area contributed by atoms with Crippen LogP contribution in [-0.2, 0) is 0 Å². The van der Waals surface area contributed by atoms with Crippen molar-refractivity contribution < 1.29 is 9.18 Å². The molecule has 1 aliphatic heterocycles. The molecule has 1 saturated heterocycles. The molecule has 148 valence electrons. The number of rotatable bonds is 4. The van der Waals surface area contributed by atoms with Gasteiger partial charge in [0.2, 0.25) is 5.95 Å². The Hall–Kier alpha value is -3.36. The van der Waals surface area contributed by atoms with Crippen molar-refractivity contribution in [3.05, 3.63) is 59.9 Å². The molecule has 2 fully saturated rings. The molecule has 5 rings (SSSR count). The molecule has 29 heavy (non-hydrogen) atoms. The highest BCUT2D eigenvalue weighted by Gasteiger charge is 2.47. The van der Waals surface area contributed by atoms with Crippen molar-refractivity contribution in [3.63, 3.8) is 0 Å². The molecule has 3 atom stereocenters. The Balaban J connectivity index is 1.41. The second-order valence-corrected chi connectivity index (χ2v) is 7.65. The van der Waals surface area contributed by atoms with Crippen molar-refractivity contribution in [2.24, 2.45) is 5.92 Å². The largest absolute Gasteiger partial charge is 0.349 e. The zero-order chi connectivity index (χ0) is 20.0. The predicted molar refractivity (Wildman–Crippen MR) is 103 cm³/mol. The van der Waals surface area contributed by atoms with Gasteiger partial charge in [0.15, 0.2) is 5.82 Å². The summed E-state index contributed by atoms with van der Waals surface area (Å²) in [6.07, 6.45) is 8.32. The number of hydrogen-bond donors (Lipinski definition) is 1. The van der Waals surface area contributed by atoms with Gasteiger partial charge in [0.25, 0.3) is 5.91 Å². The summed E-state index contributed by atoms with van der Waals surface area (Å²) in [5, 5.41) is 11.4. The van der Waals surface area contributed by atoms with E-state index in [1.54, 1.807) is 24.5 Å². The number of nitrogens with zero attached hydrogens (tertiary/aromatic N) is 6. The first-order valence-corrected chi connectivity index (χ1v) is 9.61. The summed E-state index contributed by atoms with van der Waals surface area (Å²) in [5.41, 5.74) is 1.34. The Bertz CT molecular complexity index is 1040. The monoisotopic (exact) mass is 393 g/mol. The van der Waals surface area contributed by atoms with Crippen LogP contribution in [0.2, 0.25) is 0 Å². The molecule has 2 aromatic heterocycles. The number of para-hydroxylation sites is 1. The molecule has 0 spiro atoms. The van der Waals surface area contributed by atoms with Gasteiger partial charge >= 0.3 is 0 Å². The van der Waals surface area contributed by atoms with Crippen LogP contribution in [0.1, 0.15) is 28.8 Å². The van der Waals surface area contributed by atoms with E-state index < -0.39 is 5.82 Å². The van der Waals surface area contributed by atoms with Crippen molar-refractivity contribution in [1.82, 2.24) is 29.9 Å². The third-order valence-electron chi connectivity index (χ3n) is 5.67. The number of amides is 1. The summed E-state index contributed by atoms with van der Waals surface area (Å²) in [6, 6.07) is 4.56. The smallest absolute Gasteiger partial charge is 0.256 e. The number of benzene rings is 1. The molecule has 1 aliphatic carbocycles. The first-order valence-electron chi connectivity index (χ1n) is 9.61. The zero-order valence-corrected chi connectivity index (χ0v) is 15.9. The maximum atomic E-state index is 14.5. The Labute approximate surface area is 166 Å². The fourth-order valence-electron chi connectivity index (χ4n) is 4.42. The van der Waals surface area contributed by atoms with Crippen LogP contribution >= 0.6 is 0 Å². The van der Waals surface area contributed by atoms with Gasteiger partial charge in [-0.15, -0.1) is 4.80 Å². The van der Waals surface area contributed by atoms with E-state index in [4.69, 9.17) is 0 Å². The fraction of sp³-hybridized carbons (Fsp3) is 0.350. The van der Waals surface area contributed by atoms with Gasteiger partial charge in [-0.25, -0.2) is 14.4 Å². The highest BCUT2D eigenvalue weighted by atomic mass is 19.1. The van der Waals surface area contributed by atoms with E-state index in [1.165, 1.54) is 18.5 Å². The topological polar surface area (TPSA) is 88.8 Å². The summed E-state index contributed by atoms with van der Waals surface area (Å²) in [4.78, 5) is 25.0. The summed E-state index contributed by atoms with van der Waals surface area (Å²) < 4.78 is 14.5. The van der Waals surface area contributed by atoms with E-state index in [-0.39, 0.29) is 29.2 Å². The van der Waals surface area contributed by atoms with Crippen LogP contribution in [0.15, 0.2) is 43.0 Å². The highest BCUT2D eigenvalue weighted by molar-refractivity contribution is 5.98. The minimum absolute atomic E-state index is 0.0131. The van der Waals surface area contributed by atoms with Crippen LogP contribution in [0.4, 0.5) is 10.3 Å². The second kappa shape index (κ2) is 6.91. The molecule has 2 bridgehead atoms. The predicted octanol–water partition coefficient (Wildman–Crippen LogP) is 2.22. The molecular weight excluding hydrogens is 373 g/mol. The molecule has 3 heterocycles. The number of carbonyl (C=O) groups is 1. The van der Waals surface area contributed by atoms with Crippen LogP contribution in [-0.4, -0.2) is 54.4 Å². The number of fused-ring (bicyclic) bond motifs is 2. The van der Waals surface area contributed by atoms with E-state index in [0.717, 1.165) is 23.2 Å². The Morgan fingerprint density at radius 1 is 1.17 bits per heavy atom. The molecule has 2 aliphatic rings. The van der Waals surface area contributed by atoms with Gasteiger partial charge in [0.05, 0.1) is 24.0 Å². The van der Waals surface area contributed by atoms with Gasteiger partial charge in [-0.2, -0.15) is 10.2 Å². The lowest BCUT2D eigenvalue weighted by molar-refractivity contribution is 0.0691. The van der Waals surface area contributed by atoms with Gasteiger partial charge in [-0.1, -0.05) is 6.07 Å². The number of piperidine rings is 1. The summed E-state index contributed by atoms with van der Waals surface area (Å²) in [5.74, 6) is 0.235. The number of hydrogen-bond acceptors (Lipinski definition) is 6. The lowest BCUT2D eigenvalue weighted by Gasteiger charge is -2.34. The van der Waals surface area contributed by atoms with Crippen molar-refractivity contribution in [2.45, 2.75) is 31.8 Å². The van der Waals surface area contributed by atoms with Crippen molar-refractivity contribution in [3.8, 4) is 5.69 Å². The number of aryl methyl sites for hydroxylation is 1. The zero-order valence-electron chi connectivity index (χ0n) is 15.9. The third-order valence-corrected chi connectivity index (χ3v) is 5.67. The Kier molecular flexibility index (Phi) is 4.22. The molecule has 3 unspecified atom stereocenters. The summed E-state index contributed by atoms with van der Waals surface area (Å²) >= 11 is 0. The number of likely N-dealkylation sites (tertiary alicyclic amines) is 1. The molecule has 1 amide bonds. The second-order valence-electron chi connectivity index (χ2n) is 7.65. The van der Waals surface area contributed by atoms with E-state index in [1.807, 2.05) is 11.8 Å². The molecular formula is C20H20FN7O. The quantitative estimate of drug-likeness (QED) is 0.731. The first-order chi connectivity index (χ1) is 14.1. The average molecular weight is 393 g/mol. The molecule has 1 N–H and O–H groups in total. The van der Waals surface area contributed by atoms with Crippen LogP contribution in [0.3, 0.4) is 0 Å². The Morgan fingerprint density at radius 2 is 1.93 bits per heavy atom. The summed E-state index contributed by atoms with van der Waals surface area (Å²) in [7, 11) is 0. The molecule has 1 saturated carbocycles. The molecule has 1 aromatic carbocycles. The van der Waals surface area contributed by atoms with Crippen LogP contribution in [0.5, 0.6) is 0 Å². The van der Waals surface area contributed by atoms with E-state index in [9.17, 15) is 9.18 Å². The number of anilines is 1. The van der Waals surface area contributed by atoms with Gasteiger partial charge < -0.3 is 10.2 Å². The molecule has 0 radical (unpaired) electrons. The fourth-order valence-corrected chi connectivity index (χ4v) is 4.42. The molecule has 8 nitrogen and oxygen atoms in total. The van der Waals surface area contributed by atoms with Gasteiger partial charge in [0.1, 0.15) is 5.69 Å². The van der Waals surface area contributed by atoms with Crippen molar-refractivity contribution >= 4 is 11.9 Å². The van der Waals surface area contributed by atoms with Crippen molar-refractivity contribution in [1.29, 1.82) is 0 Å². The first kappa shape index (κ1) is 17.7. The van der Waals surface area contributed by atoms with E-state index in [0.29, 0.717) is 18.4 Å². The minimum Gasteiger partial charge on any atom is -0.349 e. The van der Waals surface area contributed by atoms with Gasteiger partial charge in [-0.3, -0.25) is 4.79 Å². The van der Waals surface area contributed by atoms with E-state index in [2.05, 4.69) is 25.5 Å². The van der Waals surface area contributed by atoms with E-state index >= 15 is 0 Å². The standard InChI is InChI=1S/C20H20FN7O/c1-12-9-22-20(23-10-12)26-16-7-13-8-17(16)27(11-13)19(29)14-3-2-4-15(21)18(14)28-24-5-6-25-28/h2-6,9-10,13,16-17H,7-8,11H2,1H3,(H,22,23,26). The SMILES string of the molecule is Cc1cnc(NC2CC3CC2N(C(=O)c2cccc(F)c2-n2nccn2)C3)nc1. The molecule has 9 heteroatoms.